The molecule has 0 bridgehead atoms. The monoisotopic (exact) mass is 397 g/mol. The molecule has 2 aromatic rings. The highest BCUT2D eigenvalue weighted by Crippen LogP contribution is 2.31. The largest absolute Gasteiger partial charge is 0.497 e. The van der Waals surface area contributed by atoms with Crippen LogP contribution in [0.3, 0.4) is 0 Å². The number of ether oxygens (including phenoxy) is 3. The van der Waals surface area contributed by atoms with Gasteiger partial charge >= 0.3 is 0 Å². The molecule has 1 aromatic heterocycles. The number of nitrogens with zero attached hydrogens (tertiary/aromatic N) is 2. The number of carbonyl (C=O) groups is 2. The van der Waals surface area contributed by atoms with Crippen molar-refractivity contribution in [3.63, 3.8) is 0 Å². The number of pyridine rings is 1. The van der Waals surface area contributed by atoms with Gasteiger partial charge in [-0.3, -0.25) is 14.6 Å². The van der Waals surface area contributed by atoms with E-state index in [1.54, 1.807) is 42.3 Å². The number of methoxy groups -OCH3 is 1. The van der Waals surface area contributed by atoms with Crippen LogP contribution in [-0.2, 0) is 9.47 Å². The van der Waals surface area contributed by atoms with Crippen LogP contribution in [0.1, 0.15) is 33.7 Å². The zero-order valence-corrected chi connectivity index (χ0v) is 16.2. The molecule has 1 N–H and O–H groups in total. The van der Waals surface area contributed by atoms with Crippen molar-refractivity contribution in [2.45, 2.75) is 18.6 Å². The van der Waals surface area contributed by atoms with Gasteiger partial charge in [-0.1, -0.05) is 6.07 Å². The molecule has 2 aliphatic heterocycles. The van der Waals surface area contributed by atoms with Crippen molar-refractivity contribution in [3.05, 3.63) is 53.9 Å². The Bertz CT molecular complexity index is 901. The lowest BCUT2D eigenvalue weighted by Gasteiger charge is -2.37. The molecule has 0 atom stereocenters. The quantitative estimate of drug-likeness (QED) is 0.852. The molecule has 2 saturated heterocycles. The van der Waals surface area contributed by atoms with Crippen LogP contribution in [0.15, 0.2) is 42.6 Å². The van der Waals surface area contributed by atoms with E-state index in [0.29, 0.717) is 56.1 Å². The van der Waals surface area contributed by atoms with Crippen molar-refractivity contribution in [1.82, 2.24) is 9.88 Å². The van der Waals surface area contributed by atoms with Gasteiger partial charge in [-0.2, -0.15) is 0 Å². The number of hydrogen-bond acceptors (Lipinski definition) is 6. The first-order valence-corrected chi connectivity index (χ1v) is 9.57. The second-order valence-electron chi connectivity index (χ2n) is 7.02. The minimum atomic E-state index is -0.531. The first-order chi connectivity index (χ1) is 14.1. The highest BCUT2D eigenvalue weighted by molar-refractivity contribution is 6.04. The second-order valence-corrected chi connectivity index (χ2v) is 7.02. The predicted molar refractivity (Wildman–Crippen MR) is 105 cm³/mol. The van der Waals surface area contributed by atoms with Gasteiger partial charge in [-0.05, 0) is 24.3 Å². The van der Waals surface area contributed by atoms with Crippen molar-refractivity contribution >= 4 is 17.5 Å². The molecule has 8 heteroatoms. The number of anilines is 1. The summed E-state index contributed by atoms with van der Waals surface area (Å²) in [5, 5.41) is 2.77. The Morgan fingerprint density at radius 2 is 1.90 bits per heavy atom. The molecule has 1 aromatic carbocycles. The zero-order valence-electron chi connectivity index (χ0n) is 16.2. The number of benzene rings is 1. The lowest BCUT2D eigenvalue weighted by atomic mass is 10.0. The van der Waals surface area contributed by atoms with Gasteiger partial charge in [0.25, 0.3) is 11.8 Å². The van der Waals surface area contributed by atoms with Crippen LogP contribution in [0.4, 0.5) is 5.69 Å². The van der Waals surface area contributed by atoms with Crippen molar-refractivity contribution in [3.8, 4) is 5.75 Å². The molecule has 29 heavy (non-hydrogen) atoms. The Kier molecular flexibility index (Phi) is 5.46. The number of rotatable bonds is 4. The van der Waals surface area contributed by atoms with Gasteiger partial charge < -0.3 is 24.4 Å². The molecular formula is C21H23N3O5. The highest BCUT2D eigenvalue weighted by atomic mass is 16.7. The van der Waals surface area contributed by atoms with Crippen LogP contribution >= 0.6 is 0 Å². The van der Waals surface area contributed by atoms with Crippen molar-refractivity contribution in [2.75, 3.05) is 38.7 Å². The summed E-state index contributed by atoms with van der Waals surface area (Å²) in [5.41, 5.74) is 1.19. The minimum absolute atomic E-state index is 0.129. The molecule has 2 aliphatic rings. The molecule has 0 saturated carbocycles. The van der Waals surface area contributed by atoms with Crippen molar-refractivity contribution < 1.29 is 23.8 Å². The van der Waals surface area contributed by atoms with Crippen LogP contribution in [0.2, 0.25) is 0 Å². The van der Waals surface area contributed by atoms with Gasteiger partial charge in [0.1, 0.15) is 11.4 Å². The zero-order chi connectivity index (χ0) is 20.3. The molecule has 0 radical (unpaired) electrons. The Balaban J connectivity index is 1.42. The lowest BCUT2D eigenvalue weighted by molar-refractivity contribution is -0.181. The topological polar surface area (TPSA) is 90.0 Å². The summed E-state index contributed by atoms with van der Waals surface area (Å²) in [6.45, 7) is 2.30. The van der Waals surface area contributed by atoms with Crippen molar-refractivity contribution in [1.29, 1.82) is 0 Å². The summed E-state index contributed by atoms with van der Waals surface area (Å²) in [6, 6.07) is 10.2. The fraction of sp³-hybridized carbons (Fsp3) is 0.381. The van der Waals surface area contributed by atoms with E-state index in [0.717, 1.165) is 0 Å². The molecule has 152 valence electrons. The number of amides is 2. The van der Waals surface area contributed by atoms with E-state index in [1.807, 2.05) is 0 Å². The fourth-order valence-corrected chi connectivity index (χ4v) is 3.60. The minimum Gasteiger partial charge on any atom is -0.497 e. The number of aromatic nitrogens is 1. The van der Waals surface area contributed by atoms with Gasteiger partial charge in [0.2, 0.25) is 0 Å². The number of piperidine rings is 1. The molecule has 0 aliphatic carbocycles. The van der Waals surface area contributed by atoms with E-state index >= 15 is 0 Å². The Morgan fingerprint density at radius 1 is 1.14 bits per heavy atom. The van der Waals surface area contributed by atoms with Crippen LogP contribution < -0.4 is 10.1 Å². The van der Waals surface area contributed by atoms with E-state index in [4.69, 9.17) is 14.2 Å². The van der Waals surface area contributed by atoms with Gasteiger partial charge in [0.05, 0.1) is 20.3 Å². The van der Waals surface area contributed by atoms with E-state index in [2.05, 4.69) is 10.3 Å². The average Bonchev–Trinajstić information content (AvgIpc) is 3.22. The molecule has 3 heterocycles. The summed E-state index contributed by atoms with van der Waals surface area (Å²) in [5.74, 6) is -0.414. The standard InChI is InChI=1S/C21H23N3O5/c1-27-17-4-2-3-16(14-17)23-19(25)18-13-15(5-8-22-18)20(26)24-9-6-21(7-10-24)28-11-12-29-21/h2-5,8,13-14H,6-7,9-12H2,1H3,(H,23,25). The highest BCUT2D eigenvalue weighted by Gasteiger charge is 2.40. The Hall–Kier alpha value is -2.97. The molecule has 2 amide bonds. The maximum absolute atomic E-state index is 12.9. The van der Waals surface area contributed by atoms with E-state index in [1.165, 1.54) is 12.3 Å². The predicted octanol–water partition coefficient (Wildman–Crippen LogP) is 2.32. The van der Waals surface area contributed by atoms with E-state index < -0.39 is 11.7 Å². The molecule has 0 unspecified atom stereocenters. The third kappa shape index (κ3) is 4.23. The van der Waals surface area contributed by atoms with Crippen molar-refractivity contribution in [2.24, 2.45) is 0 Å². The number of likely N-dealkylation sites (tertiary alicyclic amines) is 1. The SMILES string of the molecule is COc1cccc(NC(=O)c2cc(C(=O)N3CCC4(CC3)OCCO4)ccn2)c1. The first-order valence-electron chi connectivity index (χ1n) is 9.57. The molecule has 4 rings (SSSR count). The summed E-state index contributed by atoms with van der Waals surface area (Å²) >= 11 is 0. The van der Waals surface area contributed by atoms with Gasteiger partial charge in [0, 0.05) is 49.4 Å². The molecule has 2 fully saturated rings. The van der Waals surface area contributed by atoms with Crippen LogP contribution in [0, 0.1) is 0 Å². The Labute approximate surface area is 168 Å². The van der Waals surface area contributed by atoms with Gasteiger partial charge in [0.15, 0.2) is 5.79 Å². The van der Waals surface area contributed by atoms with E-state index in [9.17, 15) is 9.59 Å². The van der Waals surface area contributed by atoms with Crippen LogP contribution in [-0.4, -0.2) is 60.9 Å². The van der Waals surface area contributed by atoms with Gasteiger partial charge in [-0.15, -0.1) is 0 Å². The fourth-order valence-electron chi connectivity index (χ4n) is 3.60. The smallest absolute Gasteiger partial charge is 0.274 e. The lowest BCUT2D eigenvalue weighted by Crippen LogP contribution is -2.47. The summed E-state index contributed by atoms with van der Waals surface area (Å²) < 4.78 is 16.6. The third-order valence-electron chi connectivity index (χ3n) is 5.19. The van der Waals surface area contributed by atoms with Crippen LogP contribution in [0.5, 0.6) is 5.75 Å². The maximum Gasteiger partial charge on any atom is 0.274 e. The second kappa shape index (κ2) is 8.18. The molecular weight excluding hydrogens is 374 g/mol. The van der Waals surface area contributed by atoms with Gasteiger partial charge in [-0.25, -0.2) is 0 Å². The molecule has 8 nitrogen and oxygen atoms in total. The summed E-state index contributed by atoms with van der Waals surface area (Å²) in [7, 11) is 1.56. The first kappa shape index (κ1) is 19.4. The number of nitrogens with one attached hydrogen (secondary N) is 1. The molecule has 1 spiro atoms. The summed E-state index contributed by atoms with van der Waals surface area (Å²) in [6.07, 6.45) is 2.77. The number of carbonyl (C=O) groups excluding carboxylic acids is 2. The van der Waals surface area contributed by atoms with Crippen LogP contribution in [0.25, 0.3) is 0 Å². The normalized spacial score (nSPS) is 17.9. The Morgan fingerprint density at radius 3 is 2.62 bits per heavy atom. The number of hydrogen-bond donors (Lipinski definition) is 1. The average molecular weight is 397 g/mol. The third-order valence-corrected chi connectivity index (χ3v) is 5.19. The summed E-state index contributed by atoms with van der Waals surface area (Å²) in [4.78, 5) is 31.3. The van der Waals surface area contributed by atoms with E-state index in [-0.39, 0.29) is 11.6 Å². The maximum atomic E-state index is 12.9.